The summed E-state index contributed by atoms with van der Waals surface area (Å²) in [6.45, 7) is 3.60. The second kappa shape index (κ2) is 8.79. The van der Waals surface area contributed by atoms with E-state index in [1.807, 2.05) is 24.3 Å². The molecular weight excluding hydrogens is 372 g/mol. The van der Waals surface area contributed by atoms with Gasteiger partial charge in [0.25, 0.3) is 0 Å². The van der Waals surface area contributed by atoms with Crippen LogP contribution in [-0.2, 0) is 4.79 Å². The van der Waals surface area contributed by atoms with Crippen molar-refractivity contribution < 1.29 is 4.79 Å². The van der Waals surface area contributed by atoms with E-state index in [1.165, 1.54) is 11.1 Å². The molecule has 1 aromatic heterocycles. The monoisotopic (exact) mass is 396 g/mol. The van der Waals surface area contributed by atoms with Crippen molar-refractivity contribution in [3.63, 3.8) is 0 Å². The van der Waals surface area contributed by atoms with Gasteiger partial charge >= 0.3 is 0 Å². The van der Waals surface area contributed by atoms with Crippen LogP contribution in [0, 0.1) is 24.2 Å². The number of nitrogens with one attached hydrogen (secondary N) is 1. The molecule has 5 nitrogen and oxygen atoms in total. The maximum atomic E-state index is 12.7. The third kappa shape index (κ3) is 4.49. The molecule has 1 aliphatic heterocycles. The zero-order chi connectivity index (χ0) is 20.9. The van der Waals surface area contributed by atoms with Crippen molar-refractivity contribution in [1.29, 1.82) is 5.26 Å². The first-order chi connectivity index (χ1) is 14.6. The average molecular weight is 396 g/mol. The second-order valence-corrected chi connectivity index (χ2v) is 7.71. The molecule has 1 N–H and O–H groups in total. The zero-order valence-corrected chi connectivity index (χ0v) is 17.0. The molecule has 3 aromatic rings. The second-order valence-electron chi connectivity index (χ2n) is 7.71. The Morgan fingerprint density at radius 3 is 2.53 bits per heavy atom. The van der Waals surface area contributed by atoms with Gasteiger partial charge in [-0.1, -0.05) is 42.0 Å². The number of amides is 1. The molecule has 4 rings (SSSR count). The molecule has 1 saturated heterocycles. The number of nitriles is 1. The van der Waals surface area contributed by atoms with E-state index in [9.17, 15) is 4.79 Å². The van der Waals surface area contributed by atoms with Crippen molar-refractivity contribution in [3.8, 4) is 17.2 Å². The van der Waals surface area contributed by atoms with Gasteiger partial charge in [0.05, 0.1) is 11.6 Å². The molecule has 0 saturated carbocycles. The van der Waals surface area contributed by atoms with Crippen molar-refractivity contribution in [3.05, 3.63) is 78.0 Å². The van der Waals surface area contributed by atoms with Crippen molar-refractivity contribution in [2.24, 2.45) is 5.92 Å². The Balaban J connectivity index is 1.34. The predicted molar refractivity (Wildman–Crippen MR) is 119 cm³/mol. The smallest absolute Gasteiger partial charge is 0.227 e. The third-order valence-electron chi connectivity index (χ3n) is 5.57. The summed E-state index contributed by atoms with van der Waals surface area (Å²) >= 11 is 0. The van der Waals surface area contributed by atoms with Gasteiger partial charge in [0.2, 0.25) is 5.91 Å². The van der Waals surface area contributed by atoms with Crippen LogP contribution >= 0.6 is 0 Å². The molecule has 30 heavy (non-hydrogen) atoms. The Morgan fingerprint density at radius 2 is 1.83 bits per heavy atom. The highest BCUT2D eigenvalue weighted by atomic mass is 16.1. The van der Waals surface area contributed by atoms with Gasteiger partial charge in [-0.2, -0.15) is 5.26 Å². The first kappa shape index (κ1) is 19.7. The van der Waals surface area contributed by atoms with E-state index in [2.05, 4.69) is 52.5 Å². The SMILES string of the molecule is Cc1cccc(-c2ccc(NC(=O)C3CCN(c4cc(C#N)ccn4)CC3)cc2)c1. The summed E-state index contributed by atoms with van der Waals surface area (Å²) in [4.78, 5) is 19.2. The van der Waals surface area contributed by atoms with E-state index in [1.54, 1.807) is 18.3 Å². The Labute approximate surface area is 177 Å². The summed E-state index contributed by atoms with van der Waals surface area (Å²) < 4.78 is 0. The minimum Gasteiger partial charge on any atom is -0.357 e. The number of piperidine rings is 1. The maximum Gasteiger partial charge on any atom is 0.227 e. The first-order valence-corrected chi connectivity index (χ1v) is 10.2. The van der Waals surface area contributed by atoms with Gasteiger partial charge in [0.1, 0.15) is 5.82 Å². The summed E-state index contributed by atoms with van der Waals surface area (Å²) in [5.74, 6) is 0.855. The Morgan fingerprint density at radius 1 is 1.07 bits per heavy atom. The van der Waals surface area contributed by atoms with Gasteiger partial charge in [-0.05, 0) is 55.2 Å². The number of hydrogen-bond donors (Lipinski definition) is 1. The number of anilines is 2. The third-order valence-corrected chi connectivity index (χ3v) is 5.57. The van der Waals surface area contributed by atoms with Crippen LogP contribution in [0.5, 0.6) is 0 Å². The molecule has 0 bridgehead atoms. The molecular formula is C25H24N4O. The Hall–Kier alpha value is -3.65. The van der Waals surface area contributed by atoms with E-state index in [-0.39, 0.29) is 11.8 Å². The first-order valence-electron chi connectivity index (χ1n) is 10.2. The molecule has 0 spiro atoms. The van der Waals surface area contributed by atoms with Gasteiger partial charge in [0, 0.05) is 30.9 Å². The van der Waals surface area contributed by atoms with Crippen molar-refractivity contribution in [2.45, 2.75) is 19.8 Å². The Kier molecular flexibility index (Phi) is 5.76. The Bertz CT molecular complexity index is 1080. The molecule has 0 unspecified atom stereocenters. The highest BCUT2D eigenvalue weighted by Crippen LogP contribution is 2.25. The molecule has 2 aromatic carbocycles. The number of nitrogens with zero attached hydrogens (tertiary/aromatic N) is 3. The van der Waals surface area contributed by atoms with Gasteiger partial charge < -0.3 is 10.2 Å². The summed E-state index contributed by atoms with van der Waals surface area (Å²) in [7, 11) is 0. The van der Waals surface area contributed by atoms with Crippen LogP contribution in [0.4, 0.5) is 11.5 Å². The summed E-state index contributed by atoms with van der Waals surface area (Å²) in [5, 5.41) is 12.1. The lowest BCUT2D eigenvalue weighted by Gasteiger charge is -2.32. The fourth-order valence-corrected chi connectivity index (χ4v) is 3.85. The predicted octanol–water partition coefficient (Wildman–Crippen LogP) is 4.78. The van der Waals surface area contributed by atoms with Crippen LogP contribution in [-0.4, -0.2) is 24.0 Å². The normalized spacial score (nSPS) is 14.2. The van der Waals surface area contributed by atoms with E-state index in [0.29, 0.717) is 5.56 Å². The number of benzene rings is 2. The summed E-state index contributed by atoms with van der Waals surface area (Å²) in [6.07, 6.45) is 3.20. The fourth-order valence-electron chi connectivity index (χ4n) is 3.85. The van der Waals surface area contributed by atoms with Crippen LogP contribution in [0.3, 0.4) is 0 Å². The number of rotatable bonds is 4. The molecule has 0 aliphatic carbocycles. The van der Waals surface area contributed by atoms with Crippen LogP contribution in [0.1, 0.15) is 24.0 Å². The lowest BCUT2D eigenvalue weighted by atomic mass is 9.95. The number of carbonyl (C=O) groups is 1. The molecule has 1 amide bonds. The number of hydrogen-bond acceptors (Lipinski definition) is 4. The van der Waals surface area contributed by atoms with Crippen molar-refractivity contribution in [2.75, 3.05) is 23.3 Å². The van der Waals surface area contributed by atoms with Crippen LogP contribution in [0.25, 0.3) is 11.1 Å². The number of carbonyl (C=O) groups excluding carboxylic acids is 1. The van der Waals surface area contributed by atoms with Crippen LogP contribution < -0.4 is 10.2 Å². The number of pyridine rings is 1. The standard InChI is InChI=1S/C25H24N4O/c1-18-3-2-4-22(15-18)20-5-7-23(8-6-20)28-25(30)21-10-13-29(14-11-21)24-16-19(17-26)9-12-27-24/h2-9,12,15-16,21H,10-11,13-14H2,1H3,(H,28,30). The fraction of sp³-hybridized carbons (Fsp3) is 0.240. The van der Waals surface area contributed by atoms with Crippen LogP contribution in [0.15, 0.2) is 66.9 Å². The van der Waals surface area contributed by atoms with Crippen LogP contribution in [0.2, 0.25) is 0 Å². The average Bonchev–Trinajstić information content (AvgIpc) is 2.80. The summed E-state index contributed by atoms with van der Waals surface area (Å²) in [5.41, 5.74) is 4.97. The molecule has 0 radical (unpaired) electrons. The highest BCUT2D eigenvalue weighted by molar-refractivity contribution is 5.93. The topological polar surface area (TPSA) is 69.0 Å². The molecule has 5 heteroatoms. The van der Waals surface area contributed by atoms with E-state index in [0.717, 1.165) is 43.0 Å². The largest absolute Gasteiger partial charge is 0.357 e. The molecule has 2 heterocycles. The van der Waals surface area contributed by atoms with Gasteiger partial charge in [-0.3, -0.25) is 4.79 Å². The molecule has 150 valence electrons. The van der Waals surface area contributed by atoms with Crippen molar-refractivity contribution >= 4 is 17.4 Å². The van der Waals surface area contributed by atoms with E-state index < -0.39 is 0 Å². The maximum absolute atomic E-state index is 12.7. The number of aromatic nitrogens is 1. The molecule has 1 fully saturated rings. The van der Waals surface area contributed by atoms with Gasteiger partial charge in [-0.15, -0.1) is 0 Å². The molecule has 0 atom stereocenters. The summed E-state index contributed by atoms with van der Waals surface area (Å²) in [6, 6.07) is 22.0. The number of aryl methyl sites for hydroxylation is 1. The molecule has 1 aliphatic rings. The quantitative estimate of drug-likeness (QED) is 0.689. The van der Waals surface area contributed by atoms with E-state index in [4.69, 9.17) is 5.26 Å². The lowest BCUT2D eigenvalue weighted by Crippen LogP contribution is -2.38. The lowest BCUT2D eigenvalue weighted by molar-refractivity contribution is -0.120. The van der Waals surface area contributed by atoms with E-state index >= 15 is 0 Å². The minimum atomic E-state index is -0.0168. The van der Waals surface area contributed by atoms with Gasteiger partial charge in [-0.25, -0.2) is 4.98 Å². The van der Waals surface area contributed by atoms with Gasteiger partial charge in [0.15, 0.2) is 0 Å². The zero-order valence-electron chi connectivity index (χ0n) is 17.0. The van der Waals surface area contributed by atoms with Crippen molar-refractivity contribution in [1.82, 2.24) is 4.98 Å². The highest BCUT2D eigenvalue weighted by Gasteiger charge is 2.25. The minimum absolute atomic E-state index is 0.0168.